The Kier molecular flexibility index (Phi) is 3.83. The molecule has 0 spiro atoms. The summed E-state index contributed by atoms with van der Waals surface area (Å²) in [6.45, 7) is 6.44. The Bertz CT molecular complexity index is 528. The molecule has 110 valence electrons. The molecule has 6 heteroatoms. The summed E-state index contributed by atoms with van der Waals surface area (Å²) < 4.78 is 1.66. The van der Waals surface area contributed by atoms with Gasteiger partial charge in [0.2, 0.25) is 11.8 Å². The second-order valence-corrected chi connectivity index (χ2v) is 6.53. The molecule has 0 radical (unpaired) electrons. The van der Waals surface area contributed by atoms with E-state index in [0.717, 1.165) is 12.1 Å². The first-order valence-electron chi connectivity index (χ1n) is 6.88. The minimum atomic E-state index is -0.427. The van der Waals surface area contributed by atoms with Gasteiger partial charge in [0.05, 0.1) is 5.69 Å². The van der Waals surface area contributed by atoms with Gasteiger partial charge in [-0.15, -0.1) is 0 Å². The molecule has 1 saturated heterocycles. The SMILES string of the molecule is Cn1nc(CC(C)(C)C)cc1NC(=O)[C@H]1CCC(=O)N1. The summed E-state index contributed by atoms with van der Waals surface area (Å²) in [6, 6.07) is 1.46. The third-order valence-electron chi connectivity index (χ3n) is 3.20. The van der Waals surface area contributed by atoms with Crippen LogP contribution in [0.5, 0.6) is 0 Å². The maximum absolute atomic E-state index is 12.0. The zero-order valence-corrected chi connectivity index (χ0v) is 12.5. The summed E-state index contributed by atoms with van der Waals surface area (Å²) in [6.07, 6.45) is 1.81. The Labute approximate surface area is 118 Å². The van der Waals surface area contributed by atoms with Crippen LogP contribution >= 0.6 is 0 Å². The fraction of sp³-hybridized carbons (Fsp3) is 0.643. The third kappa shape index (κ3) is 3.59. The van der Waals surface area contributed by atoms with Crippen molar-refractivity contribution in [1.82, 2.24) is 15.1 Å². The van der Waals surface area contributed by atoms with Crippen LogP contribution in [0.3, 0.4) is 0 Å². The molecule has 0 unspecified atom stereocenters. The highest BCUT2D eigenvalue weighted by atomic mass is 16.2. The Balaban J connectivity index is 2.02. The van der Waals surface area contributed by atoms with Crippen LogP contribution in [0.2, 0.25) is 0 Å². The van der Waals surface area contributed by atoms with Gasteiger partial charge < -0.3 is 10.6 Å². The molecule has 0 aliphatic carbocycles. The van der Waals surface area contributed by atoms with Crippen LogP contribution in [0, 0.1) is 5.41 Å². The Morgan fingerprint density at radius 1 is 1.55 bits per heavy atom. The number of rotatable bonds is 3. The summed E-state index contributed by atoms with van der Waals surface area (Å²) in [7, 11) is 1.80. The number of anilines is 1. The van der Waals surface area contributed by atoms with Crippen molar-refractivity contribution >= 4 is 17.6 Å². The Morgan fingerprint density at radius 2 is 2.25 bits per heavy atom. The smallest absolute Gasteiger partial charge is 0.248 e. The number of aryl methyl sites for hydroxylation is 1. The van der Waals surface area contributed by atoms with E-state index in [1.807, 2.05) is 6.07 Å². The first-order chi connectivity index (χ1) is 9.24. The zero-order valence-electron chi connectivity index (χ0n) is 12.5. The molecule has 2 rings (SSSR count). The van der Waals surface area contributed by atoms with E-state index in [2.05, 4.69) is 36.5 Å². The molecule has 1 aromatic heterocycles. The van der Waals surface area contributed by atoms with Crippen LogP contribution < -0.4 is 10.6 Å². The molecule has 0 bridgehead atoms. The molecule has 2 heterocycles. The van der Waals surface area contributed by atoms with Gasteiger partial charge in [-0.25, -0.2) is 0 Å². The molecule has 20 heavy (non-hydrogen) atoms. The van der Waals surface area contributed by atoms with E-state index >= 15 is 0 Å². The van der Waals surface area contributed by atoms with Gasteiger partial charge in [-0.1, -0.05) is 20.8 Å². The monoisotopic (exact) mass is 278 g/mol. The van der Waals surface area contributed by atoms with E-state index in [4.69, 9.17) is 0 Å². The first-order valence-corrected chi connectivity index (χ1v) is 6.88. The average molecular weight is 278 g/mol. The number of carbonyl (C=O) groups excluding carboxylic acids is 2. The van der Waals surface area contributed by atoms with E-state index in [1.54, 1.807) is 11.7 Å². The lowest BCUT2D eigenvalue weighted by molar-refractivity contribution is -0.122. The number of nitrogens with one attached hydrogen (secondary N) is 2. The van der Waals surface area contributed by atoms with Crippen LogP contribution in [0.15, 0.2) is 6.07 Å². The van der Waals surface area contributed by atoms with Gasteiger partial charge in [-0.2, -0.15) is 5.10 Å². The molecule has 0 aromatic carbocycles. The van der Waals surface area contributed by atoms with Gasteiger partial charge >= 0.3 is 0 Å². The maximum atomic E-state index is 12.0. The summed E-state index contributed by atoms with van der Waals surface area (Å²) in [4.78, 5) is 23.2. The molecule has 1 aliphatic heterocycles. The number of amides is 2. The second-order valence-electron chi connectivity index (χ2n) is 6.53. The molecule has 1 aromatic rings. The minimum absolute atomic E-state index is 0.0661. The normalized spacial score (nSPS) is 19.0. The Morgan fingerprint density at radius 3 is 2.80 bits per heavy atom. The number of aromatic nitrogens is 2. The quantitative estimate of drug-likeness (QED) is 0.873. The van der Waals surface area contributed by atoms with E-state index in [9.17, 15) is 9.59 Å². The van der Waals surface area contributed by atoms with E-state index in [-0.39, 0.29) is 17.2 Å². The van der Waals surface area contributed by atoms with Crippen molar-refractivity contribution in [1.29, 1.82) is 0 Å². The van der Waals surface area contributed by atoms with Crippen molar-refractivity contribution in [3.05, 3.63) is 11.8 Å². The largest absolute Gasteiger partial charge is 0.344 e. The van der Waals surface area contributed by atoms with Gasteiger partial charge in [0.1, 0.15) is 11.9 Å². The third-order valence-corrected chi connectivity index (χ3v) is 3.20. The van der Waals surface area contributed by atoms with Gasteiger partial charge in [-0.3, -0.25) is 14.3 Å². The molecule has 1 fully saturated rings. The van der Waals surface area contributed by atoms with Crippen molar-refractivity contribution in [3.8, 4) is 0 Å². The molecule has 6 nitrogen and oxygen atoms in total. The number of hydrogen-bond donors (Lipinski definition) is 2. The standard InChI is InChI=1S/C14H22N4O2/c1-14(2,3)8-9-7-11(18(4)17-9)16-13(20)10-5-6-12(19)15-10/h7,10H,5-6,8H2,1-4H3,(H,15,19)(H,16,20)/t10-/m1/s1. The lowest BCUT2D eigenvalue weighted by Crippen LogP contribution is -2.37. The summed E-state index contributed by atoms with van der Waals surface area (Å²) in [5.74, 6) is 0.417. The van der Waals surface area contributed by atoms with E-state index in [0.29, 0.717) is 18.7 Å². The fourth-order valence-corrected chi connectivity index (χ4v) is 2.30. The van der Waals surface area contributed by atoms with Gasteiger partial charge in [0.15, 0.2) is 0 Å². The summed E-state index contributed by atoms with van der Waals surface area (Å²) in [5.41, 5.74) is 1.10. The van der Waals surface area contributed by atoms with Crippen molar-refractivity contribution in [3.63, 3.8) is 0 Å². The van der Waals surface area contributed by atoms with Crippen LogP contribution in [0.1, 0.15) is 39.3 Å². The van der Waals surface area contributed by atoms with Crippen LogP contribution in [-0.4, -0.2) is 27.6 Å². The maximum Gasteiger partial charge on any atom is 0.248 e. The first kappa shape index (κ1) is 14.6. The molecule has 2 amide bonds. The predicted molar refractivity (Wildman–Crippen MR) is 76.2 cm³/mol. The highest BCUT2D eigenvalue weighted by Crippen LogP contribution is 2.21. The van der Waals surface area contributed by atoms with Gasteiger partial charge in [-0.05, 0) is 18.3 Å². The van der Waals surface area contributed by atoms with Crippen molar-refractivity contribution in [2.45, 2.75) is 46.1 Å². The van der Waals surface area contributed by atoms with Crippen molar-refractivity contribution in [2.24, 2.45) is 12.5 Å². The second kappa shape index (κ2) is 5.26. The number of carbonyl (C=O) groups is 2. The predicted octanol–water partition coefficient (Wildman–Crippen LogP) is 1.23. The molecule has 2 N–H and O–H groups in total. The molecule has 0 saturated carbocycles. The summed E-state index contributed by atoms with van der Waals surface area (Å²) in [5, 5.41) is 9.89. The lowest BCUT2D eigenvalue weighted by Gasteiger charge is -2.15. The van der Waals surface area contributed by atoms with Crippen molar-refractivity contribution in [2.75, 3.05) is 5.32 Å². The number of hydrogen-bond acceptors (Lipinski definition) is 3. The topological polar surface area (TPSA) is 76.0 Å². The average Bonchev–Trinajstić information content (AvgIpc) is 2.84. The fourth-order valence-electron chi connectivity index (χ4n) is 2.30. The van der Waals surface area contributed by atoms with E-state index in [1.165, 1.54) is 0 Å². The molecule has 1 aliphatic rings. The molecule has 1 atom stereocenters. The highest BCUT2D eigenvalue weighted by molar-refractivity contribution is 5.98. The van der Waals surface area contributed by atoms with Gasteiger partial charge in [0.25, 0.3) is 0 Å². The molecular weight excluding hydrogens is 256 g/mol. The minimum Gasteiger partial charge on any atom is -0.344 e. The molecular formula is C14H22N4O2. The lowest BCUT2D eigenvalue weighted by atomic mass is 9.91. The van der Waals surface area contributed by atoms with Crippen molar-refractivity contribution < 1.29 is 9.59 Å². The Hall–Kier alpha value is -1.85. The highest BCUT2D eigenvalue weighted by Gasteiger charge is 2.27. The summed E-state index contributed by atoms with van der Waals surface area (Å²) >= 11 is 0. The van der Waals surface area contributed by atoms with E-state index < -0.39 is 6.04 Å². The van der Waals surface area contributed by atoms with Crippen LogP contribution in [0.4, 0.5) is 5.82 Å². The number of nitrogens with zero attached hydrogens (tertiary/aromatic N) is 2. The zero-order chi connectivity index (χ0) is 14.9. The van der Waals surface area contributed by atoms with Crippen LogP contribution in [0.25, 0.3) is 0 Å². The van der Waals surface area contributed by atoms with Gasteiger partial charge in [0, 0.05) is 19.5 Å². The van der Waals surface area contributed by atoms with Crippen LogP contribution in [-0.2, 0) is 23.1 Å².